The van der Waals surface area contributed by atoms with Gasteiger partial charge in [0.05, 0.1) is 30.6 Å². The fraction of sp³-hybridized carbons (Fsp3) is 0.154. The number of carbonyl (C=O) groups excluding carboxylic acids is 1. The average Bonchev–Trinajstić information content (AvgIpc) is 3.01. The van der Waals surface area contributed by atoms with Gasteiger partial charge in [0.2, 0.25) is 0 Å². The van der Waals surface area contributed by atoms with Gasteiger partial charge in [0.25, 0.3) is 0 Å². The Balaban J connectivity index is 1.94. The monoisotopic (exact) mass is 508 g/mol. The maximum atomic E-state index is 13.2. The number of carbonyl (C=O) groups is 1. The summed E-state index contributed by atoms with van der Waals surface area (Å²) >= 11 is 3.37. The van der Waals surface area contributed by atoms with Crippen LogP contribution in [-0.2, 0) is 0 Å². The number of ether oxygens (including phenoxy) is 3. The van der Waals surface area contributed by atoms with Gasteiger partial charge in [-0.1, -0.05) is 28.1 Å². The Morgan fingerprint density at radius 3 is 2.21 bits per heavy atom. The van der Waals surface area contributed by atoms with Crippen molar-refractivity contribution < 1.29 is 23.4 Å². The molecule has 0 amide bonds. The molecule has 0 atom stereocenters. The molecule has 0 unspecified atom stereocenters. The molecular formula is C26H21BrO6. The lowest BCUT2D eigenvalue weighted by molar-refractivity contribution is 0.0737. The van der Waals surface area contributed by atoms with Crippen LogP contribution >= 0.6 is 15.9 Å². The van der Waals surface area contributed by atoms with Gasteiger partial charge in [-0.05, 0) is 67.4 Å². The van der Waals surface area contributed by atoms with Crippen molar-refractivity contribution in [3.8, 4) is 28.4 Å². The second-order valence-corrected chi connectivity index (χ2v) is 8.32. The van der Waals surface area contributed by atoms with Crippen molar-refractivity contribution in [3.05, 3.63) is 86.4 Å². The molecule has 168 valence electrons. The molecule has 0 fully saturated rings. The van der Waals surface area contributed by atoms with Crippen LogP contribution in [0.25, 0.3) is 21.9 Å². The maximum absolute atomic E-state index is 13.2. The van der Waals surface area contributed by atoms with Crippen molar-refractivity contribution in [1.29, 1.82) is 0 Å². The van der Waals surface area contributed by atoms with E-state index >= 15 is 0 Å². The highest BCUT2D eigenvalue weighted by Gasteiger charge is 2.19. The number of hydrogen-bond acceptors (Lipinski definition) is 6. The molecule has 0 saturated heterocycles. The van der Waals surface area contributed by atoms with Gasteiger partial charge in [0.1, 0.15) is 17.3 Å². The zero-order valence-electron chi connectivity index (χ0n) is 18.5. The van der Waals surface area contributed by atoms with E-state index in [4.69, 9.17) is 18.6 Å². The Morgan fingerprint density at radius 1 is 0.818 bits per heavy atom. The highest BCUT2D eigenvalue weighted by atomic mass is 79.9. The minimum absolute atomic E-state index is 0.233. The average molecular weight is 509 g/mol. The third-order valence-electron chi connectivity index (χ3n) is 5.31. The second-order valence-electron chi connectivity index (χ2n) is 7.41. The molecule has 1 aromatic heterocycles. The van der Waals surface area contributed by atoms with E-state index in [-0.39, 0.29) is 11.2 Å². The SMILES string of the molecule is COc1ccc(-c2cc(OC(=O)c3cccc(Br)c3)c3c(C)oc(C)c3c(=O)c2)cc1OC. The van der Waals surface area contributed by atoms with Crippen LogP contribution in [0.5, 0.6) is 17.2 Å². The summed E-state index contributed by atoms with van der Waals surface area (Å²) in [7, 11) is 3.09. The Kier molecular flexibility index (Phi) is 6.24. The predicted molar refractivity (Wildman–Crippen MR) is 130 cm³/mol. The highest BCUT2D eigenvalue weighted by molar-refractivity contribution is 9.10. The van der Waals surface area contributed by atoms with E-state index < -0.39 is 5.97 Å². The van der Waals surface area contributed by atoms with Crippen molar-refractivity contribution in [1.82, 2.24) is 0 Å². The Morgan fingerprint density at radius 2 is 1.52 bits per heavy atom. The van der Waals surface area contributed by atoms with Crippen LogP contribution in [0.1, 0.15) is 21.9 Å². The van der Waals surface area contributed by atoms with Crippen LogP contribution in [-0.4, -0.2) is 20.2 Å². The normalized spacial score (nSPS) is 10.8. The first-order valence-corrected chi connectivity index (χ1v) is 10.9. The van der Waals surface area contributed by atoms with Crippen LogP contribution in [0.2, 0.25) is 0 Å². The largest absolute Gasteiger partial charge is 0.493 e. The number of benzene rings is 2. The molecule has 4 aromatic rings. The maximum Gasteiger partial charge on any atom is 0.343 e. The van der Waals surface area contributed by atoms with Crippen LogP contribution in [0.3, 0.4) is 0 Å². The minimum Gasteiger partial charge on any atom is -0.493 e. The third-order valence-corrected chi connectivity index (χ3v) is 5.80. The number of rotatable bonds is 5. The van der Waals surface area contributed by atoms with Crippen molar-refractivity contribution >= 4 is 32.7 Å². The number of fused-ring (bicyclic) bond motifs is 1. The zero-order valence-corrected chi connectivity index (χ0v) is 20.1. The standard InChI is InChI=1S/C26H21BrO6/c1-14-24-20(28)11-18(16-8-9-21(30-3)22(12-16)31-4)13-23(25(24)15(2)32-14)33-26(29)17-6-5-7-19(27)10-17/h5-13H,1-4H3. The number of esters is 1. The van der Waals surface area contributed by atoms with E-state index in [9.17, 15) is 9.59 Å². The number of aryl methyl sites for hydroxylation is 2. The lowest BCUT2D eigenvalue weighted by Gasteiger charge is -2.10. The zero-order chi connectivity index (χ0) is 23.7. The first-order valence-electron chi connectivity index (χ1n) is 10.1. The van der Waals surface area contributed by atoms with E-state index in [1.807, 2.05) is 12.1 Å². The molecule has 0 aliphatic carbocycles. The van der Waals surface area contributed by atoms with Gasteiger partial charge >= 0.3 is 5.97 Å². The van der Waals surface area contributed by atoms with Gasteiger partial charge in [-0.3, -0.25) is 4.79 Å². The highest BCUT2D eigenvalue weighted by Crippen LogP contribution is 2.36. The summed E-state index contributed by atoms with van der Waals surface area (Å²) < 4.78 is 23.0. The quantitative estimate of drug-likeness (QED) is 0.304. The molecule has 33 heavy (non-hydrogen) atoms. The molecule has 6 nitrogen and oxygen atoms in total. The minimum atomic E-state index is -0.548. The lowest BCUT2D eigenvalue weighted by atomic mass is 10.1. The van der Waals surface area contributed by atoms with Gasteiger partial charge < -0.3 is 18.6 Å². The predicted octanol–water partition coefficient (Wildman–Crippen LogP) is 6.08. The third kappa shape index (κ3) is 4.36. The van der Waals surface area contributed by atoms with Crippen molar-refractivity contribution in [2.75, 3.05) is 14.2 Å². The number of halogens is 1. The van der Waals surface area contributed by atoms with Gasteiger partial charge in [-0.25, -0.2) is 4.79 Å². The molecule has 7 heteroatoms. The molecule has 3 aromatic carbocycles. The molecule has 0 aliphatic heterocycles. The molecule has 4 rings (SSSR count). The van der Waals surface area contributed by atoms with Gasteiger partial charge in [-0.2, -0.15) is 0 Å². The number of hydrogen-bond donors (Lipinski definition) is 0. The molecule has 0 N–H and O–H groups in total. The first kappa shape index (κ1) is 22.6. The summed E-state index contributed by atoms with van der Waals surface area (Å²) in [4.78, 5) is 26.1. The van der Waals surface area contributed by atoms with Gasteiger partial charge in [0.15, 0.2) is 16.9 Å². The van der Waals surface area contributed by atoms with Crippen molar-refractivity contribution in [2.45, 2.75) is 13.8 Å². The number of furan rings is 1. The van der Waals surface area contributed by atoms with Crippen LogP contribution in [0, 0.1) is 13.8 Å². The summed E-state index contributed by atoms with van der Waals surface area (Å²) in [5.41, 5.74) is 1.40. The molecule has 0 radical (unpaired) electrons. The van der Waals surface area contributed by atoms with Crippen molar-refractivity contribution in [2.24, 2.45) is 0 Å². The molecular weight excluding hydrogens is 488 g/mol. The second kappa shape index (κ2) is 9.11. The first-order chi connectivity index (χ1) is 15.8. The summed E-state index contributed by atoms with van der Waals surface area (Å²) in [6.45, 7) is 3.45. The van der Waals surface area contributed by atoms with E-state index in [2.05, 4.69) is 15.9 Å². The lowest BCUT2D eigenvalue weighted by Crippen LogP contribution is -2.08. The van der Waals surface area contributed by atoms with E-state index in [1.165, 1.54) is 6.07 Å². The molecule has 0 aliphatic rings. The summed E-state index contributed by atoms with van der Waals surface area (Å²) in [5.74, 6) is 1.72. The summed E-state index contributed by atoms with van der Waals surface area (Å²) in [5, 5.41) is 0.837. The Labute approximate surface area is 198 Å². The molecule has 1 heterocycles. The van der Waals surface area contributed by atoms with Gasteiger partial charge in [-0.15, -0.1) is 0 Å². The summed E-state index contributed by atoms with van der Waals surface area (Å²) in [6.07, 6.45) is 0. The van der Waals surface area contributed by atoms with Crippen molar-refractivity contribution in [3.63, 3.8) is 0 Å². The molecule has 0 bridgehead atoms. The topological polar surface area (TPSA) is 75.0 Å². The molecule has 0 spiro atoms. The van der Waals surface area contributed by atoms with Crippen LogP contribution in [0.15, 0.2) is 68.3 Å². The number of methoxy groups -OCH3 is 2. The fourth-order valence-corrected chi connectivity index (χ4v) is 4.18. The molecule has 0 saturated carbocycles. The van der Waals surface area contributed by atoms with Crippen LogP contribution < -0.4 is 19.6 Å². The van der Waals surface area contributed by atoms with Crippen LogP contribution in [0.4, 0.5) is 0 Å². The Bertz CT molecular complexity index is 1440. The van der Waals surface area contributed by atoms with E-state index in [1.54, 1.807) is 64.5 Å². The summed E-state index contributed by atoms with van der Waals surface area (Å²) in [6, 6.07) is 15.4. The fourth-order valence-electron chi connectivity index (χ4n) is 3.78. The Hall–Kier alpha value is -3.58. The van der Waals surface area contributed by atoms with E-state index in [0.717, 1.165) is 4.47 Å². The van der Waals surface area contributed by atoms with Gasteiger partial charge in [0, 0.05) is 4.47 Å². The smallest absolute Gasteiger partial charge is 0.343 e. The van der Waals surface area contributed by atoms with E-state index in [0.29, 0.717) is 50.5 Å².